The molecule has 1 aliphatic carbocycles. The van der Waals surface area contributed by atoms with Gasteiger partial charge in [0.15, 0.2) is 0 Å². The Morgan fingerprint density at radius 2 is 2.18 bits per heavy atom. The molecule has 17 heavy (non-hydrogen) atoms. The van der Waals surface area contributed by atoms with Crippen molar-refractivity contribution in [1.29, 1.82) is 0 Å². The monoisotopic (exact) mass is 235 g/mol. The lowest BCUT2D eigenvalue weighted by molar-refractivity contribution is 0.181. The third-order valence-electron chi connectivity index (χ3n) is 3.15. The molecule has 1 aromatic rings. The average Bonchev–Trinajstić information content (AvgIpc) is 2.78. The van der Waals surface area contributed by atoms with E-state index in [9.17, 15) is 0 Å². The number of ether oxygens (including phenoxy) is 1. The third-order valence-corrected chi connectivity index (χ3v) is 3.15. The van der Waals surface area contributed by atoms with Crippen molar-refractivity contribution in [3.8, 4) is 0 Å². The van der Waals surface area contributed by atoms with Crippen LogP contribution in [0.2, 0.25) is 0 Å². The molecule has 0 saturated carbocycles. The summed E-state index contributed by atoms with van der Waals surface area (Å²) in [6.07, 6.45) is 3.39. The topological polar surface area (TPSA) is 47.0 Å². The van der Waals surface area contributed by atoms with Gasteiger partial charge in [-0.05, 0) is 26.2 Å². The molecule has 1 aliphatic rings. The lowest BCUT2D eigenvalue weighted by atomic mass is 10.1. The molecule has 0 aliphatic heterocycles. The highest BCUT2D eigenvalue weighted by atomic mass is 16.5. The number of rotatable bonds is 5. The fourth-order valence-corrected chi connectivity index (χ4v) is 2.31. The summed E-state index contributed by atoms with van der Waals surface area (Å²) in [5.74, 6) is 2.19. The largest absolute Gasteiger partial charge is 0.384 e. The lowest BCUT2D eigenvalue weighted by Crippen LogP contribution is -2.12. The normalized spacial score (nSPS) is 15.7. The summed E-state index contributed by atoms with van der Waals surface area (Å²) in [7, 11) is 1.72. The van der Waals surface area contributed by atoms with Gasteiger partial charge in [-0.1, -0.05) is 6.92 Å². The molecule has 4 heteroatoms. The Morgan fingerprint density at radius 1 is 1.35 bits per heavy atom. The summed E-state index contributed by atoms with van der Waals surface area (Å²) in [6, 6.07) is 0. The zero-order chi connectivity index (χ0) is 12.3. The van der Waals surface area contributed by atoms with Crippen molar-refractivity contribution in [2.45, 2.75) is 39.0 Å². The number of nitrogens with one attached hydrogen (secondary N) is 1. The minimum Gasteiger partial charge on any atom is -0.384 e. The van der Waals surface area contributed by atoms with Gasteiger partial charge in [-0.15, -0.1) is 0 Å². The fourth-order valence-electron chi connectivity index (χ4n) is 2.31. The van der Waals surface area contributed by atoms with Crippen LogP contribution < -0.4 is 5.32 Å². The van der Waals surface area contributed by atoms with E-state index in [2.05, 4.69) is 29.1 Å². The number of hydrogen-bond acceptors (Lipinski definition) is 4. The summed E-state index contributed by atoms with van der Waals surface area (Å²) in [5, 5.41) is 3.35. The zero-order valence-electron chi connectivity index (χ0n) is 10.9. The minimum absolute atomic E-state index is 0.253. The second-order valence-corrected chi connectivity index (χ2v) is 4.60. The summed E-state index contributed by atoms with van der Waals surface area (Å²) >= 11 is 0. The van der Waals surface area contributed by atoms with Crippen LogP contribution in [-0.2, 0) is 17.6 Å². The van der Waals surface area contributed by atoms with Gasteiger partial charge in [-0.2, -0.15) is 0 Å². The Kier molecular flexibility index (Phi) is 3.94. The number of hydrogen-bond donors (Lipinski definition) is 1. The van der Waals surface area contributed by atoms with Crippen LogP contribution in [0.5, 0.6) is 0 Å². The minimum atomic E-state index is 0.253. The first-order chi connectivity index (χ1) is 8.26. The van der Waals surface area contributed by atoms with Crippen LogP contribution in [0.4, 0.5) is 5.82 Å². The van der Waals surface area contributed by atoms with Crippen LogP contribution in [0, 0.1) is 0 Å². The summed E-state index contributed by atoms with van der Waals surface area (Å²) in [6.45, 7) is 5.78. The van der Waals surface area contributed by atoms with E-state index in [1.54, 1.807) is 7.11 Å². The van der Waals surface area contributed by atoms with E-state index in [0.29, 0.717) is 6.61 Å². The molecular formula is C13H21N3O. The molecule has 1 atom stereocenters. The number of aryl methyl sites for hydroxylation is 1. The molecular weight excluding hydrogens is 214 g/mol. The van der Waals surface area contributed by atoms with E-state index < -0.39 is 0 Å². The molecule has 1 N–H and O–H groups in total. The van der Waals surface area contributed by atoms with Gasteiger partial charge in [0, 0.05) is 30.8 Å². The number of nitrogens with zero attached hydrogens (tertiary/aromatic N) is 2. The van der Waals surface area contributed by atoms with E-state index in [4.69, 9.17) is 4.74 Å². The number of fused-ring (bicyclic) bond motifs is 1. The fraction of sp³-hybridized carbons (Fsp3) is 0.692. The van der Waals surface area contributed by atoms with Gasteiger partial charge in [0.25, 0.3) is 0 Å². The molecule has 4 nitrogen and oxygen atoms in total. The molecule has 0 fully saturated rings. The Labute approximate surface area is 103 Å². The first kappa shape index (κ1) is 12.3. The highest BCUT2D eigenvalue weighted by Crippen LogP contribution is 2.27. The van der Waals surface area contributed by atoms with E-state index in [1.165, 1.54) is 17.7 Å². The molecule has 1 unspecified atom stereocenters. The van der Waals surface area contributed by atoms with Crippen LogP contribution in [-0.4, -0.2) is 30.2 Å². The van der Waals surface area contributed by atoms with Gasteiger partial charge < -0.3 is 10.1 Å². The predicted molar refractivity (Wildman–Crippen MR) is 68.5 cm³/mol. The SMILES string of the molecule is CCNc1nc(C(C)COC)nc2c1CCC2. The first-order valence-electron chi connectivity index (χ1n) is 6.38. The molecule has 1 aromatic heterocycles. The Morgan fingerprint density at radius 3 is 2.88 bits per heavy atom. The third kappa shape index (κ3) is 2.57. The Balaban J connectivity index is 2.32. The average molecular weight is 235 g/mol. The van der Waals surface area contributed by atoms with E-state index in [-0.39, 0.29) is 5.92 Å². The molecule has 0 bridgehead atoms. The predicted octanol–water partition coefficient (Wildman–Crippen LogP) is 2.15. The zero-order valence-corrected chi connectivity index (χ0v) is 10.9. The van der Waals surface area contributed by atoms with Gasteiger partial charge in [-0.3, -0.25) is 0 Å². The van der Waals surface area contributed by atoms with E-state index in [1.807, 2.05) is 0 Å². The first-order valence-corrected chi connectivity index (χ1v) is 6.38. The van der Waals surface area contributed by atoms with Crippen molar-refractivity contribution in [2.24, 2.45) is 0 Å². The molecule has 0 radical (unpaired) electrons. The smallest absolute Gasteiger partial charge is 0.136 e. The molecule has 1 heterocycles. The maximum Gasteiger partial charge on any atom is 0.136 e. The second kappa shape index (κ2) is 5.45. The summed E-state index contributed by atoms with van der Waals surface area (Å²) in [5.41, 5.74) is 2.55. The summed E-state index contributed by atoms with van der Waals surface area (Å²) in [4.78, 5) is 9.33. The van der Waals surface area contributed by atoms with Gasteiger partial charge in [0.1, 0.15) is 11.6 Å². The Bertz CT molecular complexity index is 392. The van der Waals surface area contributed by atoms with Crippen molar-refractivity contribution < 1.29 is 4.74 Å². The van der Waals surface area contributed by atoms with Gasteiger partial charge >= 0.3 is 0 Å². The van der Waals surface area contributed by atoms with Crippen LogP contribution in [0.3, 0.4) is 0 Å². The number of methoxy groups -OCH3 is 1. The highest BCUT2D eigenvalue weighted by Gasteiger charge is 2.20. The summed E-state index contributed by atoms with van der Waals surface area (Å²) < 4.78 is 5.18. The number of anilines is 1. The molecule has 2 rings (SSSR count). The van der Waals surface area contributed by atoms with Gasteiger partial charge in [-0.25, -0.2) is 9.97 Å². The van der Waals surface area contributed by atoms with E-state index in [0.717, 1.165) is 31.0 Å². The van der Waals surface area contributed by atoms with Crippen LogP contribution in [0.15, 0.2) is 0 Å². The van der Waals surface area contributed by atoms with Crippen molar-refractivity contribution in [1.82, 2.24) is 9.97 Å². The highest BCUT2D eigenvalue weighted by molar-refractivity contribution is 5.49. The standard InChI is InChI=1S/C13H21N3O/c1-4-14-13-10-6-5-7-11(10)15-12(16-13)9(2)8-17-3/h9H,4-8H2,1-3H3,(H,14,15,16). The number of aromatic nitrogens is 2. The lowest BCUT2D eigenvalue weighted by Gasteiger charge is -2.14. The van der Waals surface area contributed by atoms with Crippen molar-refractivity contribution >= 4 is 5.82 Å². The van der Waals surface area contributed by atoms with E-state index >= 15 is 0 Å². The van der Waals surface area contributed by atoms with Gasteiger partial charge in [0.2, 0.25) is 0 Å². The second-order valence-electron chi connectivity index (χ2n) is 4.60. The maximum atomic E-state index is 5.18. The molecule has 0 aromatic carbocycles. The molecule has 94 valence electrons. The molecule has 0 spiro atoms. The van der Waals surface area contributed by atoms with Gasteiger partial charge in [0.05, 0.1) is 6.61 Å². The van der Waals surface area contributed by atoms with Crippen LogP contribution in [0.25, 0.3) is 0 Å². The Hall–Kier alpha value is -1.16. The van der Waals surface area contributed by atoms with Crippen molar-refractivity contribution in [3.05, 3.63) is 17.1 Å². The van der Waals surface area contributed by atoms with Crippen LogP contribution in [0.1, 0.15) is 43.3 Å². The van der Waals surface area contributed by atoms with Crippen LogP contribution >= 0.6 is 0 Å². The van der Waals surface area contributed by atoms with Crippen molar-refractivity contribution in [2.75, 3.05) is 25.6 Å². The maximum absolute atomic E-state index is 5.18. The molecule has 0 amide bonds. The van der Waals surface area contributed by atoms with Crippen molar-refractivity contribution in [3.63, 3.8) is 0 Å². The quantitative estimate of drug-likeness (QED) is 0.849. The molecule has 0 saturated heterocycles.